The van der Waals surface area contributed by atoms with E-state index >= 15 is 0 Å². The number of ether oxygens (including phenoxy) is 2. The lowest BCUT2D eigenvalue weighted by Gasteiger charge is -2.60. The predicted octanol–water partition coefficient (Wildman–Crippen LogP) is 5.07. The zero-order valence-corrected chi connectivity index (χ0v) is 18.9. The fraction of sp³-hybridized carbons (Fsp3) is 0.423. The molecule has 1 aromatic heterocycles. The molecule has 6 nitrogen and oxygen atoms in total. The highest BCUT2D eigenvalue weighted by Gasteiger charge is 2.55. The largest absolute Gasteiger partial charge is 0.496 e. The first-order valence-corrected chi connectivity index (χ1v) is 11.3. The summed E-state index contributed by atoms with van der Waals surface area (Å²) in [5.41, 5.74) is 4.90. The maximum Gasteiger partial charge on any atom is 0.335 e. The molecule has 3 fully saturated rings. The summed E-state index contributed by atoms with van der Waals surface area (Å²) in [6, 6.07) is 12.2. The number of nitrogens with zero attached hydrogens (tertiary/aromatic N) is 1. The monoisotopic (exact) mass is 434 g/mol. The van der Waals surface area contributed by atoms with Gasteiger partial charge in [-0.2, -0.15) is 0 Å². The zero-order chi connectivity index (χ0) is 22.5. The summed E-state index contributed by atoms with van der Waals surface area (Å²) in [4.78, 5) is 17.3. The molecule has 1 aliphatic carbocycles. The number of aryl methyl sites for hydroxylation is 1. The van der Waals surface area contributed by atoms with Crippen LogP contribution in [0.15, 0.2) is 42.6 Å². The normalized spacial score (nSPS) is 25.0. The van der Waals surface area contributed by atoms with Gasteiger partial charge in [-0.3, -0.25) is 4.90 Å². The molecule has 1 unspecified atom stereocenters. The second kappa shape index (κ2) is 7.94. The number of nitrogens with one attached hydrogen (secondary N) is 1. The molecule has 2 aliphatic heterocycles. The molecule has 6 heteroatoms. The molecule has 1 atom stereocenters. The number of aromatic carboxylic acids is 1. The van der Waals surface area contributed by atoms with Crippen LogP contribution in [0.5, 0.6) is 5.75 Å². The highest BCUT2D eigenvalue weighted by Crippen LogP contribution is 2.54. The van der Waals surface area contributed by atoms with Crippen molar-refractivity contribution in [2.24, 2.45) is 0 Å². The number of H-pyrrole nitrogens is 1. The lowest BCUT2D eigenvalue weighted by Crippen LogP contribution is -2.63. The van der Waals surface area contributed by atoms with Gasteiger partial charge in [0.05, 0.1) is 18.3 Å². The predicted molar refractivity (Wildman–Crippen MR) is 123 cm³/mol. The molecule has 3 aromatic rings. The number of aromatic nitrogens is 1. The van der Waals surface area contributed by atoms with E-state index < -0.39 is 5.97 Å². The number of rotatable bonds is 7. The van der Waals surface area contributed by atoms with Gasteiger partial charge in [0.25, 0.3) is 0 Å². The van der Waals surface area contributed by atoms with E-state index in [2.05, 4.69) is 35.9 Å². The molecule has 6 rings (SSSR count). The summed E-state index contributed by atoms with van der Waals surface area (Å²) in [5, 5.41) is 10.5. The quantitative estimate of drug-likeness (QED) is 0.543. The molecule has 2 N–H and O–H groups in total. The first kappa shape index (κ1) is 21.0. The van der Waals surface area contributed by atoms with Crippen LogP contribution in [0.25, 0.3) is 10.9 Å². The van der Waals surface area contributed by atoms with Crippen molar-refractivity contribution in [3.05, 3.63) is 64.8 Å². The van der Waals surface area contributed by atoms with Crippen LogP contribution in [0.3, 0.4) is 0 Å². The third kappa shape index (κ3) is 3.38. The van der Waals surface area contributed by atoms with Gasteiger partial charge in [-0.05, 0) is 68.5 Å². The van der Waals surface area contributed by atoms with Crippen molar-refractivity contribution in [2.45, 2.75) is 57.3 Å². The molecule has 1 saturated carbocycles. The standard InChI is InChI=1S/C26H30N2O4/c1-4-32-26-12-19(13-26)28(22(14-26)17-5-7-18(8-6-17)25(29)30)15-21-20-9-10-27-24(20)16(2)11-23(21)31-3/h5-11,19,22,27H,4,12-15H2,1-3H3,(H,29,30). The van der Waals surface area contributed by atoms with E-state index in [1.54, 1.807) is 19.2 Å². The Balaban J connectivity index is 1.53. The Morgan fingerprint density at radius 3 is 2.62 bits per heavy atom. The van der Waals surface area contributed by atoms with Crippen molar-refractivity contribution in [2.75, 3.05) is 13.7 Å². The highest BCUT2D eigenvalue weighted by atomic mass is 16.5. The van der Waals surface area contributed by atoms with Crippen molar-refractivity contribution in [3.63, 3.8) is 0 Å². The average molecular weight is 435 g/mol. The van der Waals surface area contributed by atoms with Crippen LogP contribution in [0.4, 0.5) is 0 Å². The van der Waals surface area contributed by atoms with Gasteiger partial charge in [-0.15, -0.1) is 0 Å². The smallest absolute Gasteiger partial charge is 0.335 e. The molecule has 0 radical (unpaired) electrons. The molecule has 3 heterocycles. The number of hydrogen-bond acceptors (Lipinski definition) is 4. The van der Waals surface area contributed by atoms with Crippen LogP contribution in [0, 0.1) is 6.92 Å². The molecule has 0 amide bonds. The van der Waals surface area contributed by atoms with E-state index in [0.29, 0.717) is 18.2 Å². The maximum atomic E-state index is 11.3. The number of hydrogen-bond donors (Lipinski definition) is 2. The number of carboxylic acid groups (broad SMARTS) is 1. The van der Waals surface area contributed by atoms with E-state index in [9.17, 15) is 9.90 Å². The Morgan fingerprint density at radius 1 is 1.22 bits per heavy atom. The minimum Gasteiger partial charge on any atom is -0.496 e. The molecule has 3 aliphatic rings. The van der Waals surface area contributed by atoms with Gasteiger partial charge >= 0.3 is 5.97 Å². The molecule has 0 spiro atoms. The van der Waals surface area contributed by atoms with Crippen molar-refractivity contribution in [1.29, 1.82) is 0 Å². The van der Waals surface area contributed by atoms with Crippen LogP contribution in [0.1, 0.15) is 59.3 Å². The number of methoxy groups -OCH3 is 1. The Bertz CT molecular complexity index is 1140. The van der Waals surface area contributed by atoms with Gasteiger partial charge in [0.2, 0.25) is 0 Å². The first-order chi connectivity index (χ1) is 15.4. The summed E-state index contributed by atoms with van der Waals surface area (Å²) >= 11 is 0. The van der Waals surface area contributed by atoms with E-state index in [-0.39, 0.29) is 11.6 Å². The van der Waals surface area contributed by atoms with Crippen molar-refractivity contribution < 1.29 is 19.4 Å². The van der Waals surface area contributed by atoms with Crippen molar-refractivity contribution in [1.82, 2.24) is 9.88 Å². The second-order valence-corrected chi connectivity index (χ2v) is 9.14. The third-order valence-corrected chi connectivity index (χ3v) is 7.32. The van der Waals surface area contributed by atoms with Crippen LogP contribution < -0.4 is 4.74 Å². The molecule has 168 valence electrons. The van der Waals surface area contributed by atoms with Gasteiger partial charge in [0.1, 0.15) is 5.75 Å². The minimum atomic E-state index is -0.898. The van der Waals surface area contributed by atoms with Gasteiger partial charge < -0.3 is 19.6 Å². The van der Waals surface area contributed by atoms with E-state index in [1.165, 1.54) is 16.5 Å². The number of fused-ring (bicyclic) bond motifs is 3. The number of carbonyl (C=O) groups is 1. The Labute approximate surface area is 188 Å². The van der Waals surface area contributed by atoms with Crippen LogP contribution in [-0.2, 0) is 11.3 Å². The number of piperidine rings is 2. The molecule has 2 saturated heterocycles. The number of benzene rings is 2. The zero-order valence-electron chi connectivity index (χ0n) is 18.9. The van der Waals surface area contributed by atoms with Crippen LogP contribution >= 0.6 is 0 Å². The Morgan fingerprint density at radius 2 is 1.97 bits per heavy atom. The van der Waals surface area contributed by atoms with E-state index in [0.717, 1.165) is 42.6 Å². The summed E-state index contributed by atoms with van der Waals surface area (Å²) in [6.07, 6.45) is 4.97. The van der Waals surface area contributed by atoms with Gasteiger partial charge in [0, 0.05) is 47.9 Å². The van der Waals surface area contributed by atoms with Crippen LogP contribution in [0.2, 0.25) is 0 Å². The van der Waals surface area contributed by atoms with Crippen LogP contribution in [-0.4, -0.2) is 46.3 Å². The van der Waals surface area contributed by atoms with Crippen molar-refractivity contribution in [3.8, 4) is 5.75 Å². The van der Waals surface area contributed by atoms with Gasteiger partial charge in [-0.25, -0.2) is 4.79 Å². The second-order valence-electron chi connectivity index (χ2n) is 9.14. The molecule has 2 bridgehead atoms. The molecule has 32 heavy (non-hydrogen) atoms. The first-order valence-electron chi connectivity index (χ1n) is 11.3. The third-order valence-electron chi connectivity index (χ3n) is 7.32. The molecule has 2 aromatic carbocycles. The number of carboxylic acids is 1. The van der Waals surface area contributed by atoms with Gasteiger partial charge in [0.15, 0.2) is 0 Å². The Hall–Kier alpha value is -2.83. The summed E-state index contributed by atoms with van der Waals surface area (Å²) in [6.45, 7) is 5.65. The lowest BCUT2D eigenvalue weighted by atomic mass is 9.65. The topological polar surface area (TPSA) is 74.8 Å². The maximum absolute atomic E-state index is 11.3. The SMILES string of the molecule is CCOC12CC(C1)N(Cc1c(OC)cc(C)c3[nH]ccc13)C(c1ccc(C(=O)O)cc1)C2. The van der Waals surface area contributed by atoms with E-state index in [1.807, 2.05) is 18.3 Å². The van der Waals surface area contributed by atoms with Crippen molar-refractivity contribution >= 4 is 16.9 Å². The fourth-order valence-corrected chi connectivity index (χ4v) is 5.77. The lowest BCUT2D eigenvalue weighted by molar-refractivity contribution is -0.196. The van der Waals surface area contributed by atoms with Gasteiger partial charge in [-0.1, -0.05) is 12.1 Å². The highest BCUT2D eigenvalue weighted by molar-refractivity contribution is 5.88. The summed E-state index contributed by atoms with van der Waals surface area (Å²) in [7, 11) is 1.73. The Kier molecular flexibility index (Phi) is 5.22. The number of aromatic amines is 1. The molecular weight excluding hydrogens is 404 g/mol. The van der Waals surface area contributed by atoms with E-state index in [4.69, 9.17) is 9.47 Å². The average Bonchev–Trinajstić information content (AvgIpc) is 3.26. The summed E-state index contributed by atoms with van der Waals surface area (Å²) in [5.74, 6) is 0.0143. The summed E-state index contributed by atoms with van der Waals surface area (Å²) < 4.78 is 12.0. The minimum absolute atomic E-state index is 0.0627. The fourth-order valence-electron chi connectivity index (χ4n) is 5.77. The molecular formula is C26H30N2O4.